The van der Waals surface area contributed by atoms with Crippen molar-refractivity contribution < 1.29 is 8.42 Å². The van der Waals surface area contributed by atoms with Gasteiger partial charge in [-0.25, -0.2) is 8.42 Å². The predicted octanol–water partition coefficient (Wildman–Crippen LogP) is 3.35. The number of thioether (sulfide) groups is 1. The highest BCUT2D eigenvalue weighted by atomic mass is 127. The van der Waals surface area contributed by atoms with E-state index in [1.807, 2.05) is 6.07 Å². The number of rotatable bonds is 7. The molecule has 2 N–H and O–H groups in total. The van der Waals surface area contributed by atoms with E-state index in [0.717, 1.165) is 36.6 Å². The maximum Gasteiger partial charge on any atom is 0.252 e. The number of sulfonamides is 1. The standard InChI is InChI=1S/C17H30N4O2S3.HI/c1-17(2,24-4)13-20-16(18-3)19-12-14-8-9-15(25-14)26(22,23)21-10-6-5-7-11-21;/h8-9H,5-7,10-13H2,1-4H3,(H2,18,19,20);1H. The van der Waals surface area contributed by atoms with Crippen molar-refractivity contribution in [2.45, 2.75) is 48.6 Å². The highest BCUT2D eigenvalue weighted by Crippen LogP contribution is 2.27. The van der Waals surface area contributed by atoms with Crippen LogP contribution in [0.5, 0.6) is 0 Å². The molecule has 2 heterocycles. The fraction of sp³-hybridized carbons (Fsp3) is 0.706. The second kappa shape index (κ2) is 11.2. The van der Waals surface area contributed by atoms with Crippen LogP contribution in [0.2, 0.25) is 0 Å². The minimum atomic E-state index is -3.34. The Bertz CT molecular complexity index is 714. The zero-order valence-corrected chi connectivity index (χ0v) is 21.2. The minimum Gasteiger partial charge on any atom is -0.355 e. The number of thiophene rings is 1. The molecule has 0 amide bonds. The fourth-order valence-corrected chi connectivity index (χ4v) is 5.77. The summed E-state index contributed by atoms with van der Waals surface area (Å²) in [6.07, 6.45) is 5.11. The zero-order valence-electron chi connectivity index (χ0n) is 16.4. The molecule has 1 fully saturated rings. The molecule has 0 spiro atoms. The van der Waals surface area contributed by atoms with E-state index < -0.39 is 10.0 Å². The second-order valence-corrected chi connectivity index (χ2v) is 11.8. The first-order valence-electron chi connectivity index (χ1n) is 8.87. The summed E-state index contributed by atoms with van der Waals surface area (Å²) in [5, 5.41) is 6.57. The van der Waals surface area contributed by atoms with Crippen molar-refractivity contribution in [2.24, 2.45) is 4.99 Å². The van der Waals surface area contributed by atoms with Crippen molar-refractivity contribution in [3.63, 3.8) is 0 Å². The molecule has 10 heteroatoms. The Kier molecular flexibility index (Phi) is 10.4. The van der Waals surface area contributed by atoms with Gasteiger partial charge in [0, 0.05) is 36.3 Å². The Morgan fingerprint density at radius 3 is 2.52 bits per heavy atom. The molecule has 6 nitrogen and oxygen atoms in total. The van der Waals surface area contributed by atoms with Gasteiger partial charge in [-0.3, -0.25) is 4.99 Å². The molecule has 0 aromatic carbocycles. The van der Waals surface area contributed by atoms with Gasteiger partial charge in [-0.2, -0.15) is 16.1 Å². The van der Waals surface area contributed by atoms with Crippen LogP contribution in [-0.2, 0) is 16.6 Å². The van der Waals surface area contributed by atoms with Gasteiger partial charge in [-0.15, -0.1) is 35.3 Å². The third-order valence-electron chi connectivity index (χ3n) is 4.43. The predicted molar refractivity (Wildman–Crippen MR) is 128 cm³/mol. The number of aliphatic imine (C=N–C) groups is 1. The largest absolute Gasteiger partial charge is 0.355 e. The topological polar surface area (TPSA) is 73.8 Å². The van der Waals surface area contributed by atoms with Crippen LogP contribution in [0.1, 0.15) is 38.0 Å². The number of nitrogens with one attached hydrogen (secondary N) is 2. The van der Waals surface area contributed by atoms with Crippen molar-refractivity contribution in [3.8, 4) is 0 Å². The van der Waals surface area contributed by atoms with Crippen LogP contribution in [0.3, 0.4) is 0 Å². The van der Waals surface area contributed by atoms with Gasteiger partial charge in [-0.1, -0.05) is 6.42 Å². The fourth-order valence-electron chi connectivity index (χ4n) is 2.58. The monoisotopic (exact) mass is 546 g/mol. The number of halogens is 1. The highest BCUT2D eigenvalue weighted by molar-refractivity contribution is 14.0. The van der Waals surface area contributed by atoms with Crippen molar-refractivity contribution in [3.05, 3.63) is 17.0 Å². The Balaban J connectivity index is 0.00000364. The van der Waals surface area contributed by atoms with Crippen LogP contribution in [0, 0.1) is 0 Å². The van der Waals surface area contributed by atoms with Gasteiger partial charge in [0.05, 0.1) is 6.54 Å². The molecule has 156 valence electrons. The lowest BCUT2D eigenvalue weighted by Gasteiger charge is -2.25. The van der Waals surface area contributed by atoms with Gasteiger partial charge in [0.15, 0.2) is 5.96 Å². The van der Waals surface area contributed by atoms with Crippen LogP contribution in [-0.4, -0.2) is 56.4 Å². The van der Waals surface area contributed by atoms with Gasteiger partial charge < -0.3 is 10.6 Å². The van der Waals surface area contributed by atoms with Crippen LogP contribution in [0.4, 0.5) is 0 Å². The first-order valence-corrected chi connectivity index (χ1v) is 12.4. The average molecular weight is 547 g/mol. The van der Waals surface area contributed by atoms with Gasteiger partial charge >= 0.3 is 0 Å². The Morgan fingerprint density at radius 2 is 1.93 bits per heavy atom. The molecule has 1 aromatic heterocycles. The van der Waals surface area contributed by atoms with E-state index in [0.29, 0.717) is 23.8 Å². The molecular weight excluding hydrogens is 515 g/mol. The van der Waals surface area contributed by atoms with Gasteiger partial charge in [0.25, 0.3) is 10.0 Å². The summed E-state index contributed by atoms with van der Waals surface area (Å²) in [7, 11) is -1.60. The summed E-state index contributed by atoms with van der Waals surface area (Å²) >= 11 is 3.13. The van der Waals surface area contributed by atoms with Crippen molar-refractivity contribution in [1.82, 2.24) is 14.9 Å². The quantitative estimate of drug-likeness (QED) is 0.312. The smallest absolute Gasteiger partial charge is 0.252 e. The number of piperidine rings is 1. The van der Waals surface area contributed by atoms with Crippen molar-refractivity contribution in [1.29, 1.82) is 0 Å². The van der Waals surface area contributed by atoms with E-state index in [2.05, 4.69) is 35.7 Å². The number of nitrogens with zero attached hydrogens (tertiary/aromatic N) is 2. The van der Waals surface area contributed by atoms with Gasteiger partial charge in [0.2, 0.25) is 0 Å². The first kappa shape index (κ1) is 25.0. The summed E-state index contributed by atoms with van der Waals surface area (Å²) in [4.78, 5) is 5.21. The molecule has 1 aliphatic heterocycles. The van der Waals surface area contributed by atoms with Crippen LogP contribution < -0.4 is 10.6 Å². The van der Waals surface area contributed by atoms with Gasteiger partial charge in [0.1, 0.15) is 4.21 Å². The summed E-state index contributed by atoms with van der Waals surface area (Å²) in [5.74, 6) is 0.723. The van der Waals surface area contributed by atoms with E-state index in [9.17, 15) is 8.42 Å². The lowest BCUT2D eigenvalue weighted by atomic mass is 10.2. The summed E-state index contributed by atoms with van der Waals surface area (Å²) < 4.78 is 27.6. The maximum atomic E-state index is 12.7. The SMILES string of the molecule is CN=C(NCc1ccc(S(=O)(=O)N2CCCCC2)s1)NCC(C)(C)SC.I. The van der Waals surface area contributed by atoms with E-state index in [4.69, 9.17) is 0 Å². The van der Waals surface area contributed by atoms with Crippen LogP contribution in [0.15, 0.2) is 21.3 Å². The van der Waals surface area contributed by atoms with E-state index in [-0.39, 0.29) is 28.7 Å². The lowest BCUT2D eigenvalue weighted by Crippen LogP contribution is -2.42. The molecular formula is C17H31IN4O2S3. The molecule has 0 radical (unpaired) electrons. The highest BCUT2D eigenvalue weighted by Gasteiger charge is 2.27. The van der Waals surface area contributed by atoms with Crippen LogP contribution in [0.25, 0.3) is 0 Å². The molecule has 0 unspecified atom stereocenters. The molecule has 1 aliphatic rings. The zero-order chi connectivity index (χ0) is 19.2. The van der Waals surface area contributed by atoms with Crippen molar-refractivity contribution in [2.75, 3.05) is 32.9 Å². The lowest BCUT2D eigenvalue weighted by molar-refractivity contribution is 0.347. The summed E-state index contributed by atoms with van der Waals surface area (Å²) in [5.41, 5.74) is 0. The van der Waals surface area contributed by atoms with Crippen LogP contribution >= 0.6 is 47.1 Å². The molecule has 1 aromatic rings. The molecule has 2 rings (SSSR count). The first-order chi connectivity index (χ1) is 12.3. The average Bonchev–Trinajstić information content (AvgIpc) is 3.12. The molecule has 0 saturated carbocycles. The molecule has 0 bridgehead atoms. The normalized spacial score (nSPS) is 16.7. The third-order valence-corrected chi connectivity index (χ3v) is 9.13. The minimum absolute atomic E-state index is 0. The Morgan fingerprint density at radius 1 is 1.26 bits per heavy atom. The molecule has 0 aliphatic carbocycles. The number of guanidine groups is 1. The second-order valence-electron chi connectivity index (χ2n) is 6.93. The number of hydrogen-bond donors (Lipinski definition) is 2. The maximum absolute atomic E-state index is 12.7. The van der Waals surface area contributed by atoms with Gasteiger partial charge in [-0.05, 0) is 45.1 Å². The van der Waals surface area contributed by atoms with E-state index >= 15 is 0 Å². The molecule has 27 heavy (non-hydrogen) atoms. The number of hydrogen-bond acceptors (Lipinski definition) is 5. The van der Waals surface area contributed by atoms with E-state index in [1.165, 1.54) is 11.3 Å². The summed E-state index contributed by atoms with van der Waals surface area (Å²) in [6, 6.07) is 3.60. The Hall–Kier alpha value is -0.0400. The van der Waals surface area contributed by atoms with E-state index in [1.54, 1.807) is 29.2 Å². The molecule has 0 atom stereocenters. The third kappa shape index (κ3) is 7.37. The summed E-state index contributed by atoms with van der Waals surface area (Å²) in [6.45, 7) is 6.97. The Labute approximate surface area is 189 Å². The molecule has 1 saturated heterocycles. The van der Waals surface area contributed by atoms with Crippen molar-refractivity contribution >= 4 is 63.1 Å².